The van der Waals surface area contributed by atoms with Crippen LogP contribution in [0.25, 0.3) is 0 Å². The van der Waals surface area contributed by atoms with Crippen molar-refractivity contribution in [2.24, 2.45) is 0 Å². The van der Waals surface area contributed by atoms with Gasteiger partial charge in [-0.3, -0.25) is 0 Å². The predicted molar refractivity (Wildman–Crippen MR) is 39.6 cm³/mol. The van der Waals surface area contributed by atoms with E-state index in [0.29, 0.717) is 0 Å². The van der Waals surface area contributed by atoms with Crippen LogP contribution in [0.2, 0.25) is 0 Å². The first-order valence-electron chi connectivity index (χ1n) is 2.90. The average Bonchev–Trinajstić information content (AvgIpc) is 1.84. The van der Waals surface area contributed by atoms with Crippen molar-refractivity contribution in [2.45, 2.75) is 19.1 Å². The van der Waals surface area contributed by atoms with Crippen LogP contribution in [0.3, 0.4) is 0 Å². The van der Waals surface area contributed by atoms with Gasteiger partial charge in [0.25, 0.3) is 0 Å². The van der Waals surface area contributed by atoms with Crippen LogP contribution in [0, 0.1) is 16.1 Å². The highest BCUT2D eigenvalue weighted by molar-refractivity contribution is 7.91. The first-order chi connectivity index (χ1) is 4.50. The minimum absolute atomic E-state index is 0.0273. The molecular formula is C5H11N3OS. The lowest BCUT2D eigenvalue weighted by molar-refractivity contribution is 0.658. The van der Waals surface area contributed by atoms with E-state index in [1.165, 1.54) is 0 Å². The van der Waals surface area contributed by atoms with Gasteiger partial charge in [-0.25, -0.2) is 13.7 Å². The third kappa shape index (κ3) is 2.80. The van der Waals surface area contributed by atoms with Gasteiger partial charge in [-0.1, -0.05) is 0 Å². The molecule has 5 heteroatoms. The molecule has 0 aliphatic rings. The van der Waals surface area contributed by atoms with E-state index in [0.717, 1.165) is 0 Å². The SMILES string of the molecule is CC(C)S(=N)(=O)NCC#N. The molecule has 0 fully saturated rings. The van der Waals surface area contributed by atoms with Crippen molar-refractivity contribution in [3.8, 4) is 6.07 Å². The molecule has 0 aromatic heterocycles. The van der Waals surface area contributed by atoms with E-state index < -0.39 is 9.92 Å². The largest absolute Gasteiger partial charge is 0.240 e. The van der Waals surface area contributed by atoms with Crippen LogP contribution in [-0.2, 0) is 9.92 Å². The standard InChI is InChI=1S/C5H11N3OS/c1-5(2)10(7,9)8-4-3-6/h5H,4H2,1-2H3,(H2,7,8,9). The summed E-state index contributed by atoms with van der Waals surface area (Å²) in [7, 11) is -2.73. The molecule has 2 N–H and O–H groups in total. The van der Waals surface area contributed by atoms with Gasteiger partial charge >= 0.3 is 0 Å². The second-order valence-electron chi connectivity index (χ2n) is 2.13. The highest BCUT2D eigenvalue weighted by atomic mass is 32.2. The third-order valence-electron chi connectivity index (χ3n) is 1.03. The average molecular weight is 161 g/mol. The quantitative estimate of drug-likeness (QED) is 0.590. The fraction of sp³-hybridized carbons (Fsp3) is 0.800. The number of nitrogens with one attached hydrogen (secondary N) is 2. The number of nitrogens with zero attached hydrogens (tertiary/aromatic N) is 1. The Hall–Kier alpha value is -0.600. The molecule has 0 heterocycles. The molecule has 0 saturated carbocycles. The van der Waals surface area contributed by atoms with E-state index in [9.17, 15) is 4.21 Å². The van der Waals surface area contributed by atoms with Gasteiger partial charge in [0.1, 0.15) is 9.92 Å². The second-order valence-corrected chi connectivity index (χ2v) is 4.56. The molecule has 0 saturated heterocycles. The Bertz CT molecular complexity index is 224. The summed E-state index contributed by atoms with van der Waals surface area (Å²) in [5, 5.41) is 7.84. The van der Waals surface area contributed by atoms with Crippen molar-refractivity contribution in [3.05, 3.63) is 0 Å². The number of rotatable bonds is 3. The van der Waals surface area contributed by atoms with Crippen molar-refractivity contribution in [1.29, 1.82) is 10.0 Å². The molecule has 58 valence electrons. The minimum Gasteiger partial charge on any atom is -0.240 e. The summed E-state index contributed by atoms with van der Waals surface area (Å²) in [6.45, 7) is 3.33. The van der Waals surface area contributed by atoms with E-state index in [2.05, 4.69) is 4.72 Å². The van der Waals surface area contributed by atoms with E-state index in [4.69, 9.17) is 10.0 Å². The van der Waals surface area contributed by atoms with Gasteiger partial charge in [-0.2, -0.15) is 5.26 Å². The Kier molecular flexibility index (Phi) is 3.33. The van der Waals surface area contributed by atoms with Crippen LogP contribution in [0.15, 0.2) is 0 Å². The Balaban J connectivity index is 4.06. The first-order valence-corrected chi connectivity index (χ1v) is 4.52. The molecule has 0 bridgehead atoms. The highest BCUT2D eigenvalue weighted by Gasteiger charge is 2.08. The normalized spacial score (nSPS) is 16.2. The Morgan fingerprint density at radius 3 is 2.60 bits per heavy atom. The number of hydrogen-bond donors (Lipinski definition) is 2. The van der Waals surface area contributed by atoms with Crippen LogP contribution >= 0.6 is 0 Å². The monoisotopic (exact) mass is 161 g/mol. The van der Waals surface area contributed by atoms with Crippen LogP contribution in [0.1, 0.15) is 13.8 Å². The molecule has 0 aliphatic heterocycles. The maximum Gasteiger partial charge on any atom is 0.108 e. The van der Waals surface area contributed by atoms with Gasteiger partial charge in [-0.05, 0) is 13.8 Å². The molecule has 0 aromatic rings. The molecule has 0 spiro atoms. The van der Waals surface area contributed by atoms with E-state index in [1.807, 2.05) is 0 Å². The predicted octanol–water partition coefficient (Wildman–Crippen LogP) is 0.470. The maximum atomic E-state index is 11.0. The summed E-state index contributed by atoms with van der Waals surface area (Å²) < 4.78 is 20.5. The maximum absolute atomic E-state index is 11.0. The molecule has 0 amide bonds. The molecule has 0 aromatic carbocycles. The van der Waals surface area contributed by atoms with Crippen molar-refractivity contribution in [3.63, 3.8) is 0 Å². The number of nitriles is 1. The van der Waals surface area contributed by atoms with Gasteiger partial charge in [0, 0.05) is 0 Å². The molecule has 10 heavy (non-hydrogen) atoms. The van der Waals surface area contributed by atoms with Crippen LogP contribution in [0.4, 0.5) is 0 Å². The summed E-state index contributed by atoms with van der Waals surface area (Å²) in [6, 6.07) is 1.77. The Morgan fingerprint density at radius 2 is 2.30 bits per heavy atom. The molecule has 0 radical (unpaired) electrons. The highest BCUT2D eigenvalue weighted by Crippen LogP contribution is 1.95. The molecular weight excluding hydrogens is 150 g/mol. The Labute approximate surface area is 61.3 Å². The summed E-state index contributed by atoms with van der Waals surface area (Å²) in [6.07, 6.45) is 0. The molecule has 4 nitrogen and oxygen atoms in total. The van der Waals surface area contributed by atoms with Crippen LogP contribution < -0.4 is 4.72 Å². The van der Waals surface area contributed by atoms with Crippen LogP contribution in [-0.4, -0.2) is 16.0 Å². The summed E-state index contributed by atoms with van der Waals surface area (Å²) in [5.41, 5.74) is 0. The lowest BCUT2D eigenvalue weighted by atomic mass is 10.6. The molecule has 1 atom stereocenters. The lowest BCUT2D eigenvalue weighted by Crippen LogP contribution is -2.29. The fourth-order valence-electron chi connectivity index (χ4n) is 0.306. The summed E-state index contributed by atoms with van der Waals surface area (Å²) >= 11 is 0. The lowest BCUT2D eigenvalue weighted by Gasteiger charge is -2.08. The van der Waals surface area contributed by atoms with Crippen LogP contribution in [0.5, 0.6) is 0 Å². The number of hydrogen-bond acceptors (Lipinski definition) is 3. The van der Waals surface area contributed by atoms with Crippen molar-refractivity contribution in [2.75, 3.05) is 6.54 Å². The third-order valence-corrected chi connectivity index (χ3v) is 2.93. The van der Waals surface area contributed by atoms with Gasteiger partial charge in [0.2, 0.25) is 0 Å². The van der Waals surface area contributed by atoms with Gasteiger partial charge in [0.05, 0.1) is 17.9 Å². The van der Waals surface area contributed by atoms with E-state index >= 15 is 0 Å². The first kappa shape index (κ1) is 9.40. The topological polar surface area (TPSA) is 76.7 Å². The van der Waals surface area contributed by atoms with Gasteiger partial charge in [-0.15, -0.1) is 0 Å². The van der Waals surface area contributed by atoms with E-state index in [-0.39, 0.29) is 11.8 Å². The summed E-state index contributed by atoms with van der Waals surface area (Å²) in [4.78, 5) is 0. The zero-order valence-corrected chi connectivity index (χ0v) is 6.86. The summed E-state index contributed by atoms with van der Waals surface area (Å²) in [5.74, 6) is 0. The molecule has 1 unspecified atom stereocenters. The van der Waals surface area contributed by atoms with Crippen molar-refractivity contribution >= 4 is 9.92 Å². The van der Waals surface area contributed by atoms with Gasteiger partial charge in [0.15, 0.2) is 0 Å². The zero-order valence-electron chi connectivity index (χ0n) is 6.05. The molecule has 0 aliphatic carbocycles. The fourth-order valence-corrected chi connectivity index (χ4v) is 0.918. The van der Waals surface area contributed by atoms with E-state index in [1.54, 1.807) is 19.9 Å². The van der Waals surface area contributed by atoms with Crippen molar-refractivity contribution in [1.82, 2.24) is 4.72 Å². The smallest absolute Gasteiger partial charge is 0.108 e. The van der Waals surface area contributed by atoms with Gasteiger partial charge < -0.3 is 0 Å². The molecule has 0 rings (SSSR count). The Morgan fingerprint density at radius 1 is 1.80 bits per heavy atom. The van der Waals surface area contributed by atoms with Crippen molar-refractivity contribution < 1.29 is 4.21 Å². The minimum atomic E-state index is -2.73. The second kappa shape index (κ2) is 3.54. The zero-order chi connectivity index (χ0) is 8.20.